The van der Waals surface area contributed by atoms with Gasteiger partial charge in [-0.15, -0.1) is 0 Å². The van der Waals surface area contributed by atoms with Gasteiger partial charge in [0.25, 0.3) is 0 Å². The molecule has 2 rings (SSSR count). The number of hydrogen-bond donors (Lipinski definition) is 0. The fourth-order valence-electron chi connectivity index (χ4n) is 1.57. The van der Waals surface area contributed by atoms with Crippen LogP contribution in [0.3, 0.4) is 0 Å². The standard InChI is InChI=1S/C7H10N2/c1-2-6-7(3-1)9-5-4-8-6/h4-7H,1-3H2. The maximum Gasteiger partial charge on any atom is 0.0723 e. The van der Waals surface area contributed by atoms with Gasteiger partial charge in [0.15, 0.2) is 0 Å². The second-order valence-corrected chi connectivity index (χ2v) is 2.66. The molecule has 0 aromatic heterocycles. The Hall–Kier alpha value is -0.660. The van der Waals surface area contributed by atoms with Gasteiger partial charge in [-0.05, 0) is 19.3 Å². The molecule has 1 fully saturated rings. The summed E-state index contributed by atoms with van der Waals surface area (Å²) in [5.41, 5.74) is 0. The van der Waals surface area contributed by atoms with Crippen molar-refractivity contribution in [2.75, 3.05) is 0 Å². The molecule has 2 aliphatic rings. The minimum atomic E-state index is 0.537. The van der Waals surface area contributed by atoms with Crippen LogP contribution in [0.1, 0.15) is 19.3 Å². The molecule has 0 aromatic carbocycles. The largest absolute Gasteiger partial charge is 0.286 e. The molecule has 48 valence electrons. The van der Waals surface area contributed by atoms with E-state index in [1.807, 2.05) is 12.4 Å². The molecular formula is C7H10N2. The summed E-state index contributed by atoms with van der Waals surface area (Å²) in [5, 5.41) is 0. The van der Waals surface area contributed by atoms with Crippen LogP contribution in [0.2, 0.25) is 0 Å². The summed E-state index contributed by atoms with van der Waals surface area (Å²) < 4.78 is 0. The lowest BCUT2D eigenvalue weighted by molar-refractivity contribution is 0.608. The van der Waals surface area contributed by atoms with Crippen LogP contribution in [-0.4, -0.2) is 24.5 Å². The van der Waals surface area contributed by atoms with Gasteiger partial charge in [0.05, 0.1) is 12.1 Å². The Bertz CT molecular complexity index is 142. The first-order chi connectivity index (χ1) is 4.47. The topological polar surface area (TPSA) is 24.7 Å². The average molecular weight is 122 g/mol. The molecule has 2 unspecified atom stereocenters. The van der Waals surface area contributed by atoms with Crippen molar-refractivity contribution in [3.05, 3.63) is 0 Å². The van der Waals surface area contributed by atoms with Gasteiger partial charge in [-0.1, -0.05) is 0 Å². The second-order valence-electron chi connectivity index (χ2n) is 2.66. The van der Waals surface area contributed by atoms with E-state index in [0.717, 1.165) is 0 Å². The van der Waals surface area contributed by atoms with Gasteiger partial charge in [0.2, 0.25) is 0 Å². The van der Waals surface area contributed by atoms with Gasteiger partial charge in [0.1, 0.15) is 0 Å². The van der Waals surface area contributed by atoms with E-state index in [9.17, 15) is 0 Å². The van der Waals surface area contributed by atoms with Crippen molar-refractivity contribution in [3.8, 4) is 0 Å². The molecule has 1 heterocycles. The molecule has 0 amide bonds. The van der Waals surface area contributed by atoms with Crippen molar-refractivity contribution in [1.82, 2.24) is 0 Å². The van der Waals surface area contributed by atoms with Crippen LogP contribution in [0.4, 0.5) is 0 Å². The molecule has 2 heteroatoms. The van der Waals surface area contributed by atoms with Crippen molar-refractivity contribution in [2.24, 2.45) is 9.98 Å². The summed E-state index contributed by atoms with van der Waals surface area (Å²) in [7, 11) is 0. The fourth-order valence-corrected chi connectivity index (χ4v) is 1.57. The number of rotatable bonds is 0. The summed E-state index contributed by atoms with van der Waals surface area (Å²) in [6.45, 7) is 0. The zero-order chi connectivity index (χ0) is 6.10. The first kappa shape index (κ1) is 5.15. The number of fused-ring (bicyclic) bond motifs is 1. The van der Waals surface area contributed by atoms with Crippen LogP contribution in [0, 0.1) is 0 Å². The van der Waals surface area contributed by atoms with Crippen LogP contribution in [0.15, 0.2) is 9.98 Å². The average Bonchev–Trinajstić information content (AvgIpc) is 2.33. The zero-order valence-electron chi connectivity index (χ0n) is 5.33. The molecule has 1 saturated carbocycles. The van der Waals surface area contributed by atoms with E-state index >= 15 is 0 Å². The first-order valence-electron chi connectivity index (χ1n) is 3.52. The van der Waals surface area contributed by atoms with Crippen molar-refractivity contribution < 1.29 is 0 Å². The van der Waals surface area contributed by atoms with E-state index in [0.29, 0.717) is 12.1 Å². The quantitative estimate of drug-likeness (QED) is 0.459. The van der Waals surface area contributed by atoms with Crippen LogP contribution in [0.5, 0.6) is 0 Å². The summed E-state index contributed by atoms with van der Waals surface area (Å²) in [6.07, 6.45) is 7.46. The molecule has 1 aliphatic heterocycles. The second kappa shape index (κ2) is 1.94. The predicted octanol–water partition coefficient (Wildman–Crippen LogP) is 1.06. The molecule has 9 heavy (non-hydrogen) atoms. The highest BCUT2D eigenvalue weighted by molar-refractivity contribution is 6.16. The molecule has 2 nitrogen and oxygen atoms in total. The van der Waals surface area contributed by atoms with E-state index in [-0.39, 0.29) is 0 Å². The predicted molar refractivity (Wildman–Crippen MR) is 38.4 cm³/mol. The molecule has 1 aliphatic carbocycles. The van der Waals surface area contributed by atoms with E-state index in [1.54, 1.807) is 0 Å². The van der Waals surface area contributed by atoms with Crippen LogP contribution in [0.25, 0.3) is 0 Å². The first-order valence-corrected chi connectivity index (χ1v) is 3.52. The van der Waals surface area contributed by atoms with Gasteiger partial charge in [-0.2, -0.15) is 0 Å². The molecule has 0 N–H and O–H groups in total. The van der Waals surface area contributed by atoms with Gasteiger partial charge in [-0.25, -0.2) is 0 Å². The van der Waals surface area contributed by atoms with Crippen molar-refractivity contribution in [1.29, 1.82) is 0 Å². The maximum absolute atomic E-state index is 4.32. The molecule has 0 radical (unpaired) electrons. The van der Waals surface area contributed by atoms with E-state index in [1.165, 1.54) is 19.3 Å². The van der Waals surface area contributed by atoms with E-state index in [4.69, 9.17) is 0 Å². The lowest BCUT2D eigenvalue weighted by Crippen LogP contribution is -2.18. The normalized spacial score (nSPS) is 39.1. The highest BCUT2D eigenvalue weighted by atomic mass is 14.9. The Morgan fingerprint density at radius 2 is 1.56 bits per heavy atom. The molecule has 0 saturated heterocycles. The minimum absolute atomic E-state index is 0.537. The summed E-state index contributed by atoms with van der Waals surface area (Å²) in [6, 6.07) is 1.07. The summed E-state index contributed by atoms with van der Waals surface area (Å²) >= 11 is 0. The van der Waals surface area contributed by atoms with Crippen molar-refractivity contribution in [2.45, 2.75) is 31.3 Å². The third-order valence-corrected chi connectivity index (χ3v) is 2.07. The van der Waals surface area contributed by atoms with Gasteiger partial charge < -0.3 is 0 Å². The van der Waals surface area contributed by atoms with Crippen molar-refractivity contribution >= 4 is 12.4 Å². The Kier molecular flexibility index (Phi) is 1.11. The Morgan fingerprint density at radius 3 is 2.11 bits per heavy atom. The zero-order valence-corrected chi connectivity index (χ0v) is 5.33. The molecule has 0 spiro atoms. The monoisotopic (exact) mass is 122 g/mol. The summed E-state index contributed by atoms with van der Waals surface area (Å²) in [4.78, 5) is 8.63. The van der Waals surface area contributed by atoms with Gasteiger partial charge in [-0.3, -0.25) is 9.98 Å². The minimum Gasteiger partial charge on any atom is -0.286 e. The molecule has 0 bridgehead atoms. The number of aliphatic imine (C=N–C) groups is 2. The van der Waals surface area contributed by atoms with Crippen LogP contribution < -0.4 is 0 Å². The van der Waals surface area contributed by atoms with Crippen LogP contribution >= 0.6 is 0 Å². The molecular weight excluding hydrogens is 112 g/mol. The summed E-state index contributed by atoms with van der Waals surface area (Å²) in [5.74, 6) is 0. The molecule has 0 aromatic rings. The van der Waals surface area contributed by atoms with E-state index < -0.39 is 0 Å². The highest BCUT2D eigenvalue weighted by Crippen LogP contribution is 2.25. The number of hydrogen-bond acceptors (Lipinski definition) is 2. The molecule has 2 atom stereocenters. The SMILES string of the molecule is C1=NC2CCCC2N=C1. The lowest BCUT2D eigenvalue weighted by atomic mass is 10.2. The third-order valence-electron chi connectivity index (χ3n) is 2.07. The number of nitrogens with zero attached hydrogens (tertiary/aromatic N) is 2. The Balaban J connectivity index is 2.18. The maximum atomic E-state index is 4.32. The van der Waals surface area contributed by atoms with Crippen LogP contribution in [-0.2, 0) is 0 Å². The van der Waals surface area contributed by atoms with Gasteiger partial charge in [0, 0.05) is 12.4 Å². The Labute approximate surface area is 54.7 Å². The lowest BCUT2D eigenvalue weighted by Gasteiger charge is -2.12. The van der Waals surface area contributed by atoms with Crippen molar-refractivity contribution in [3.63, 3.8) is 0 Å². The smallest absolute Gasteiger partial charge is 0.0723 e. The third kappa shape index (κ3) is 0.784. The highest BCUT2D eigenvalue weighted by Gasteiger charge is 2.26. The van der Waals surface area contributed by atoms with Gasteiger partial charge >= 0.3 is 0 Å². The fraction of sp³-hybridized carbons (Fsp3) is 0.714. The Morgan fingerprint density at radius 1 is 1.00 bits per heavy atom. The van der Waals surface area contributed by atoms with E-state index in [2.05, 4.69) is 9.98 Å².